The third-order valence-corrected chi connectivity index (χ3v) is 11.6. The number of benzene rings is 4. The molecule has 3 heterocycles. The molecule has 13 nitrogen and oxygen atoms in total. The molecule has 2 N–H and O–H groups in total. The average molecular weight is 786 g/mol. The summed E-state index contributed by atoms with van der Waals surface area (Å²) in [4.78, 5) is 41.3. The molecule has 1 aromatic heterocycles. The Morgan fingerprint density at radius 3 is 2.51 bits per heavy atom. The van der Waals surface area contributed by atoms with Crippen LogP contribution in [0.3, 0.4) is 0 Å². The number of hydrogen-bond donors (Lipinski definition) is 2. The van der Waals surface area contributed by atoms with Crippen molar-refractivity contribution in [3.8, 4) is 5.75 Å². The quantitative estimate of drug-likeness (QED) is 0.130. The predicted molar refractivity (Wildman–Crippen MR) is 204 cm³/mol. The molecule has 284 valence electrons. The number of para-hydroxylation sites is 1. The highest BCUT2D eigenvalue weighted by atomic mass is 35.5. The number of allylic oxidation sites excluding steroid dienone is 1. The molecule has 0 radical (unpaired) electrons. The largest absolute Gasteiger partial charge is 0.497 e. The van der Waals surface area contributed by atoms with Crippen molar-refractivity contribution in [1.29, 1.82) is 0 Å². The highest BCUT2D eigenvalue weighted by Crippen LogP contribution is 2.37. The number of ether oxygens (including phenoxy) is 3. The third-order valence-electron chi connectivity index (χ3n) is 9.43. The van der Waals surface area contributed by atoms with Crippen LogP contribution in [0.1, 0.15) is 44.2 Å². The first-order valence-electron chi connectivity index (χ1n) is 17.3. The summed E-state index contributed by atoms with van der Waals surface area (Å²) >= 11 is 6.08. The number of sulfonamides is 1. The first-order valence-corrected chi connectivity index (χ1v) is 19.1. The van der Waals surface area contributed by atoms with Crippen LogP contribution in [0.2, 0.25) is 5.02 Å². The number of aliphatic hydroxyl groups excluding tert-OH is 1. The van der Waals surface area contributed by atoms with Crippen molar-refractivity contribution in [2.45, 2.75) is 30.4 Å². The molecule has 55 heavy (non-hydrogen) atoms. The fourth-order valence-corrected chi connectivity index (χ4v) is 8.26. The zero-order valence-corrected chi connectivity index (χ0v) is 31.3. The fraction of sp³-hybridized carbons (Fsp3) is 0.225. The number of carbonyl (C=O) groups excluding carboxylic acids is 3. The van der Waals surface area contributed by atoms with Crippen molar-refractivity contribution in [2.24, 2.45) is 0 Å². The van der Waals surface area contributed by atoms with Gasteiger partial charge in [0, 0.05) is 47.1 Å². The Morgan fingerprint density at radius 1 is 1.00 bits per heavy atom. The van der Waals surface area contributed by atoms with E-state index in [0.717, 1.165) is 20.2 Å². The Hall–Kier alpha value is -5.51. The summed E-state index contributed by atoms with van der Waals surface area (Å²) < 4.78 is 51.1. The Balaban J connectivity index is 1.09. The minimum absolute atomic E-state index is 0.0290. The van der Waals surface area contributed by atoms with Crippen molar-refractivity contribution < 1.29 is 46.5 Å². The third kappa shape index (κ3) is 7.59. The highest BCUT2D eigenvalue weighted by Gasteiger charge is 2.38. The van der Waals surface area contributed by atoms with Crippen molar-refractivity contribution in [2.75, 3.05) is 43.6 Å². The molecule has 5 aromatic rings. The van der Waals surface area contributed by atoms with Gasteiger partial charge in [0.05, 0.1) is 48.3 Å². The molecule has 0 unspecified atom stereocenters. The summed E-state index contributed by atoms with van der Waals surface area (Å²) in [6, 6.07) is 22.8. The number of fused-ring (bicyclic) bond motifs is 2. The van der Waals surface area contributed by atoms with Gasteiger partial charge in [0.1, 0.15) is 11.3 Å². The Kier molecular flexibility index (Phi) is 10.8. The zero-order chi connectivity index (χ0) is 38.9. The van der Waals surface area contributed by atoms with E-state index in [1.54, 1.807) is 43.5 Å². The highest BCUT2D eigenvalue weighted by molar-refractivity contribution is 7.89. The maximum absolute atomic E-state index is 13.8. The topological polar surface area (TPSA) is 165 Å². The number of halogens is 1. The van der Waals surface area contributed by atoms with Gasteiger partial charge < -0.3 is 29.1 Å². The lowest BCUT2D eigenvalue weighted by Crippen LogP contribution is -2.37. The van der Waals surface area contributed by atoms with Gasteiger partial charge in [-0.2, -0.15) is 4.31 Å². The van der Waals surface area contributed by atoms with Crippen molar-refractivity contribution in [3.05, 3.63) is 130 Å². The predicted octanol–water partition coefficient (Wildman–Crippen LogP) is 6.26. The number of rotatable bonds is 13. The van der Waals surface area contributed by atoms with Gasteiger partial charge >= 0.3 is 0 Å². The summed E-state index contributed by atoms with van der Waals surface area (Å²) in [5.41, 5.74) is 3.24. The van der Waals surface area contributed by atoms with Gasteiger partial charge in [0.25, 0.3) is 17.7 Å². The summed E-state index contributed by atoms with van der Waals surface area (Å²) in [6.45, 7) is 0.923. The number of amides is 3. The standard InChI is InChI=1S/C40H36ClN3O10S/c1-24-19-27(8-14-34(24)44-39(47)31-13-7-26(41)22-32(31)40(44)48)42-38(46)36-20-25(33-23-53-35-6-4-3-5-30(33)35)21-37(54-36)52-18-16-43(15-17-45)55(49,50)29-11-9-28(51-2)10-12-29/h3-14,19-20,22-23,25,37,45H,15-18,21H2,1-2H3,(H,42,46)/t25-,37+/m0/s1. The SMILES string of the molecule is COc1ccc(S(=O)(=O)N(CCO)CCO[C@H]2C[C@@H](c3coc4ccccc34)C=C(C(=O)Nc3ccc(N4C(=O)c5ccc(Cl)cc5C4=O)c(C)c3)O2)cc1. The van der Waals surface area contributed by atoms with Crippen LogP contribution in [0, 0.1) is 6.92 Å². The summed E-state index contributed by atoms with van der Waals surface area (Å²) in [6.07, 6.45) is 2.63. The maximum atomic E-state index is 13.8. The van der Waals surface area contributed by atoms with Gasteiger partial charge in [0.2, 0.25) is 16.3 Å². The van der Waals surface area contributed by atoms with Crippen LogP contribution in [0.15, 0.2) is 112 Å². The van der Waals surface area contributed by atoms with Crippen LogP contribution < -0.4 is 15.0 Å². The van der Waals surface area contributed by atoms with Crippen LogP contribution in [0.5, 0.6) is 5.75 Å². The second kappa shape index (κ2) is 15.7. The Morgan fingerprint density at radius 2 is 1.76 bits per heavy atom. The molecular formula is C40H36ClN3O10S. The Labute approximate surface area is 321 Å². The van der Waals surface area contributed by atoms with Crippen LogP contribution >= 0.6 is 11.6 Å². The first kappa shape index (κ1) is 37.8. The van der Waals surface area contributed by atoms with Crippen molar-refractivity contribution in [3.63, 3.8) is 0 Å². The molecule has 7 rings (SSSR count). The van der Waals surface area contributed by atoms with Gasteiger partial charge in [-0.05, 0) is 85.3 Å². The van der Waals surface area contributed by atoms with Crippen LogP contribution in [-0.4, -0.2) is 75.3 Å². The fourth-order valence-electron chi connectivity index (χ4n) is 6.68. The summed E-state index contributed by atoms with van der Waals surface area (Å²) in [5.74, 6) is -1.48. The minimum Gasteiger partial charge on any atom is -0.497 e. The number of aryl methyl sites for hydroxylation is 1. The van der Waals surface area contributed by atoms with Crippen LogP contribution in [-0.2, 0) is 24.3 Å². The molecule has 0 fully saturated rings. The second-order valence-electron chi connectivity index (χ2n) is 12.9. The minimum atomic E-state index is -3.99. The first-order chi connectivity index (χ1) is 26.5. The van der Waals surface area contributed by atoms with E-state index in [9.17, 15) is 27.9 Å². The monoisotopic (exact) mass is 785 g/mol. The zero-order valence-electron chi connectivity index (χ0n) is 29.7. The van der Waals surface area contributed by atoms with E-state index in [4.69, 9.17) is 30.2 Å². The maximum Gasteiger partial charge on any atom is 0.290 e. The smallest absolute Gasteiger partial charge is 0.290 e. The van der Waals surface area contributed by atoms with E-state index >= 15 is 0 Å². The number of carbonyl (C=O) groups is 3. The lowest BCUT2D eigenvalue weighted by atomic mass is 9.92. The average Bonchev–Trinajstić information content (AvgIpc) is 3.72. The van der Waals surface area contributed by atoms with Gasteiger partial charge in [-0.1, -0.05) is 29.8 Å². The molecule has 0 spiro atoms. The van der Waals surface area contributed by atoms with E-state index < -0.39 is 40.6 Å². The summed E-state index contributed by atoms with van der Waals surface area (Å²) in [7, 11) is -2.51. The van der Waals surface area contributed by atoms with Crippen LogP contribution in [0.4, 0.5) is 11.4 Å². The van der Waals surface area contributed by atoms with E-state index in [1.165, 1.54) is 43.5 Å². The van der Waals surface area contributed by atoms with Gasteiger partial charge in [-0.15, -0.1) is 0 Å². The van der Waals surface area contributed by atoms with E-state index in [1.807, 2.05) is 24.3 Å². The molecule has 2 atom stereocenters. The molecule has 2 aliphatic rings. The van der Waals surface area contributed by atoms with Gasteiger partial charge in [0.15, 0.2) is 5.76 Å². The molecule has 2 aliphatic heterocycles. The number of nitrogens with one attached hydrogen (secondary N) is 1. The van der Waals surface area contributed by atoms with Crippen molar-refractivity contribution in [1.82, 2.24) is 4.31 Å². The lowest BCUT2D eigenvalue weighted by Gasteiger charge is -2.30. The molecule has 0 bridgehead atoms. The number of anilines is 2. The number of methoxy groups -OCH3 is 1. The van der Waals surface area contributed by atoms with E-state index in [2.05, 4.69) is 5.32 Å². The molecule has 4 aromatic carbocycles. The van der Waals surface area contributed by atoms with E-state index in [0.29, 0.717) is 33.3 Å². The number of nitrogens with zero attached hydrogens (tertiary/aromatic N) is 2. The molecule has 0 saturated heterocycles. The normalized spacial score (nSPS) is 17.0. The molecule has 0 saturated carbocycles. The number of imide groups is 1. The van der Waals surface area contributed by atoms with Crippen molar-refractivity contribution >= 4 is 61.7 Å². The number of aliphatic hydroxyl groups is 1. The number of hydrogen-bond acceptors (Lipinski definition) is 10. The molecule has 15 heteroatoms. The molecule has 0 aliphatic carbocycles. The van der Waals surface area contributed by atoms with E-state index in [-0.39, 0.29) is 53.8 Å². The number of furan rings is 1. The molecule has 3 amide bonds. The Bertz CT molecular complexity index is 2430. The summed E-state index contributed by atoms with van der Waals surface area (Å²) in [5, 5.41) is 13.7. The molecular weight excluding hydrogens is 750 g/mol. The second-order valence-corrected chi connectivity index (χ2v) is 15.2. The van der Waals surface area contributed by atoms with Gasteiger partial charge in [-0.25, -0.2) is 13.3 Å². The van der Waals surface area contributed by atoms with Crippen LogP contribution in [0.25, 0.3) is 11.0 Å². The lowest BCUT2D eigenvalue weighted by molar-refractivity contribution is -0.143. The van der Waals surface area contributed by atoms with Gasteiger partial charge in [-0.3, -0.25) is 14.4 Å².